The number of aromatic nitrogens is 4. The van der Waals surface area contributed by atoms with Crippen LogP contribution in [0.2, 0.25) is 0 Å². The lowest BCUT2D eigenvalue weighted by atomic mass is 10.1. The number of piperidine rings is 1. The van der Waals surface area contributed by atoms with Gasteiger partial charge >= 0.3 is 0 Å². The SMILES string of the molecule is Cn1c2ccc(F)cc2c2nnc(SCC(=O)N3CCCCC3)nc21. The van der Waals surface area contributed by atoms with Crippen molar-refractivity contribution >= 4 is 39.7 Å². The number of aryl methyl sites for hydroxylation is 1. The predicted molar refractivity (Wildman–Crippen MR) is 94.9 cm³/mol. The van der Waals surface area contributed by atoms with Crippen molar-refractivity contribution < 1.29 is 9.18 Å². The summed E-state index contributed by atoms with van der Waals surface area (Å²) in [7, 11) is 1.87. The van der Waals surface area contributed by atoms with Crippen LogP contribution in [0.3, 0.4) is 0 Å². The zero-order valence-corrected chi connectivity index (χ0v) is 14.7. The fraction of sp³-hybridized carbons (Fsp3) is 0.412. The van der Waals surface area contributed by atoms with Gasteiger partial charge in [-0.25, -0.2) is 9.37 Å². The van der Waals surface area contributed by atoms with Crippen molar-refractivity contribution in [2.45, 2.75) is 24.4 Å². The molecular weight excluding hydrogens is 341 g/mol. The quantitative estimate of drug-likeness (QED) is 0.673. The van der Waals surface area contributed by atoms with Gasteiger partial charge in [0.15, 0.2) is 5.65 Å². The lowest BCUT2D eigenvalue weighted by Crippen LogP contribution is -2.36. The molecule has 0 atom stereocenters. The molecule has 0 spiro atoms. The molecule has 0 radical (unpaired) electrons. The number of thioether (sulfide) groups is 1. The molecule has 8 heteroatoms. The van der Waals surface area contributed by atoms with Crippen LogP contribution in [0.25, 0.3) is 22.1 Å². The van der Waals surface area contributed by atoms with Crippen LogP contribution >= 0.6 is 11.8 Å². The van der Waals surface area contributed by atoms with Crippen LogP contribution < -0.4 is 0 Å². The molecule has 25 heavy (non-hydrogen) atoms. The number of rotatable bonds is 3. The van der Waals surface area contributed by atoms with Gasteiger partial charge in [-0.3, -0.25) is 4.79 Å². The van der Waals surface area contributed by atoms with Crippen LogP contribution in [-0.2, 0) is 11.8 Å². The number of carbonyl (C=O) groups excluding carboxylic acids is 1. The predicted octanol–water partition coefficient (Wildman–Crippen LogP) is 2.76. The van der Waals surface area contributed by atoms with Crippen LogP contribution in [0.4, 0.5) is 4.39 Å². The van der Waals surface area contributed by atoms with Crippen LogP contribution in [0, 0.1) is 5.82 Å². The molecular formula is C17H18FN5OS. The average molecular weight is 359 g/mol. The third-order valence-corrected chi connectivity index (χ3v) is 5.40. The monoisotopic (exact) mass is 359 g/mol. The number of carbonyl (C=O) groups is 1. The highest BCUT2D eigenvalue weighted by atomic mass is 32.2. The second-order valence-electron chi connectivity index (χ2n) is 6.22. The van der Waals surface area contributed by atoms with Gasteiger partial charge in [-0.1, -0.05) is 11.8 Å². The number of halogens is 1. The highest BCUT2D eigenvalue weighted by molar-refractivity contribution is 7.99. The second kappa shape index (κ2) is 6.59. The third-order valence-electron chi connectivity index (χ3n) is 4.58. The van der Waals surface area contributed by atoms with Crippen molar-refractivity contribution in [3.05, 3.63) is 24.0 Å². The highest BCUT2D eigenvalue weighted by Crippen LogP contribution is 2.27. The molecule has 1 aliphatic rings. The minimum atomic E-state index is -0.313. The lowest BCUT2D eigenvalue weighted by Gasteiger charge is -2.26. The summed E-state index contributed by atoms with van der Waals surface area (Å²) in [5.41, 5.74) is 2.07. The van der Waals surface area contributed by atoms with Gasteiger partial charge in [0.1, 0.15) is 11.3 Å². The molecule has 0 N–H and O–H groups in total. The number of benzene rings is 1. The van der Waals surface area contributed by atoms with Gasteiger partial charge in [0.25, 0.3) is 0 Å². The van der Waals surface area contributed by atoms with Crippen molar-refractivity contribution in [2.75, 3.05) is 18.8 Å². The molecule has 0 saturated carbocycles. The molecule has 2 aromatic heterocycles. The molecule has 0 aliphatic carbocycles. The average Bonchev–Trinajstić information content (AvgIpc) is 2.92. The molecule has 3 aromatic rings. The topological polar surface area (TPSA) is 63.9 Å². The van der Waals surface area contributed by atoms with E-state index in [4.69, 9.17) is 0 Å². The Kier molecular flexibility index (Phi) is 4.29. The first-order valence-electron chi connectivity index (χ1n) is 8.32. The highest BCUT2D eigenvalue weighted by Gasteiger charge is 2.18. The van der Waals surface area contributed by atoms with E-state index in [1.54, 1.807) is 6.07 Å². The van der Waals surface area contributed by atoms with E-state index in [0.29, 0.717) is 27.5 Å². The summed E-state index contributed by atoms with van der Waals surface area (Å²) >= 11 is 1.30. The van der Waals surface area contributed by atoms with Crippen LogP contribution in [0.1, 0.15) is 19.3 Å². The van der Waals surface area contributed by atoms with Crippen molar-refractivity contribution in [3.8, 4) is 0 Å². The van der Waals surface area contributed by atoms with Gasteiger partial charge in [0.2, 0.25) is 11.1 Å². The maximum atomic E-state index is 13.5. The van der Waals surface area contributed by atoms with E-state index in [9.17, 15) is 9.18 Å². The Morgan fingerprint density at radius 1 is 1.24 bits per heavy atom. The van der Waals surface area contributed by atoms with Crippen molar-refractivity contribution in [1.29, 1.82) is 0 Å². The minimum Gasteiger partial charge on any atom is -0.342 e. The van der Waals surface area contributed by atoms with Crippen LogP contribution in [0.15, 0.2) is 23.4 Å². The van der Waals surface area contributed by atoms with Gasteiger partial charge in [-0.15, -0.1) is 10.2 Å². The zero-order chi connectivity index (χ0) is 17.4. The van der Waals surface area contributed by atoms with E-state index < -0.39 is 0 Å². The van der Waals surface area contributed by atoms with E-state index in [-0.39, 0.29) is 11.7 Å². The Bertz CT molecular complexity index is 951. The first-order chi connectivity index (χ1) is 12.1. The molecule has 1 amide bonds. The maximum Gasteiger partial charge on any atom is 0.233 e. The molecule has 6 nitrogen and oxygen atoms in total. The first-order valence-corrected chi connectivity index (χ1v) is 9.31. The Morgan fingerprint density at radius 2 is 2.04 bits per heavy atom. The number of fused-ring (bicyclic) bond motifs is 3. The Morgan fingerprint density at radius 3 is 2.84 bits per heavy atom. The normalized spacial score (nSPS) is 15.2. The lowest BCUT2D eigenvalue weighted by molar-refractivity contribution is -0.129. The summed E-state index contributed by atoms with van der Waals surface area (Å²) in [4.78, 5) is 18.7. The van der Waals surface area contributed by atoms with E-state index in [2.05, 4.69) is 15.2 Å². The number of likely N-dealkylation sites (tertiary alicyclic amines) is 1. The van der Waals surface area contributed by atoms with Crippen molar-refractivity contribution in [2.24, 2.45) is 7.05 Å². The maximum absolute atomic E-state index is 13.5. The smallest absolute Gasteiger partial charge is 0.233 e. The van der Waals surface area contributed by atoms with Crippen molar-refractivity contribution in [3.63, 3.8) is 0 Å². The second-order valence-corrected chi connectivity index (χ2v) is 7.16. The van der Waals surface area contributed by atoms with Gasteiger partial charge in [0, 0.05) is 25.5 Å². The zero-order valence-electron chi connectivity index (χ0n) is 13.9. The van der Waals surface area contributed by atoms with Crippen LogP contribution in [0.5, 0.6) is 0 Å². The third kappa shape index (κ3) is 3.06. The van der Waals surface area contributed by atoms with E-state index in [1.807, 2.05) is 16.5 Å². The molecule has 1 fully saturated rings. The summed E-state index contributed by atoms with van der Waals surface area (Å²) < 4.78 is 15.4. The summed E-state index contributed by atoms with van der Waals surface area (Å²) in [6.45, 7) is 1.68. The van der Waals surface area contributed by atoms with Gasteiger partial charge in [0.05, 0.1) is 11.3 Å². The van der Waals surface area contributed by atoms with Gasteiger partial charge in [-0.2, -0.15) is 0 Å². The van der Waals surface area contributed by atoms with Crippen LogP contribution in [-0.4, -0.2) is 49.4 Å². The fourth-order valence-corrected chi connectivity index (χ4v) is 3.92. The molecule has 1 aromatic carbocycles. The van der Waals surface area contributed by atoms with Gasteiger partial charge in [-0.05, 0) is 37.5 Å². The number of amides is 1. The molecule has 3 heterocycles. The molecule has 1 aliphatic heterocycles. The summed E-state index contributed by atoms with van der Waals surface area (Å²) in [6.07, 6.45) is 3.35. The summed E-state index contributed by atoms with van der Waals surface area (Å²) in [5.74, 6) is 0.117. The fourth-order valence-electron chi connectivity index (χ4n) is 3.24. The molecule has 1 saturated heterocycles. The number of hydrogen-bond donors (Lipinski definition) is 0. The standard InChI is InChI=1S/C17H18FN5OS/c1-22-13-6-5-11(18)9-12(13)15-16(22)19-17(21-20-15)25-10-14(24)23-7-3-2-4-8-23/h5-6,9H,2-4,7-8,10H2,1H3. The molecule has 130 valence electrons. The van der Waals surface area contributed by atoms with Crippen molar-refractivity contribution in [1.82, 2.24) is 24.6 Å². The number of hydrogen-bond acceptors (Lipinski definition) is 5. The first kappa shape index (κ1) is 16.3. The molecule has 4 rings (SSSR count). The van der Waals surface area contributed by atoms with E-state index >= 15 is 0 Å². The summed E-state index contributed by atoms with van der Waals surface area (Å²) in [5, 5.41) is 9.48. The Hall–Kier alpha value is -2.22. The summed E-state index contributed by atoms with van der Waals surface area (Å²) in [6, 6.07) is 4.57. The molecule has 0 unspecified atom stereocenters. The minimum absolute atomic E-state index is 0.118. The van der Waals surface area contributed by atoms with E-state index in [1.165, 1.54) is 30.3 Å². The molecule has 0 bridgehead atoms. The van der Waals surface area contributed by atoms with E-state index in [0.717, 1.165) is 31.4 Å². The number of nitrogens with zero attached hydrogens (tertiary/aromatic N) is 5. The Labute approximate surface area is 148 Å². The Balaban J connectivity index is 1.57. The van der Waals surface area contributed by atoms with Gasteiger partial charge < -0.3 is 9.47 Å². The largest absolute Gasteiger partial charge is 0.342 e.